The van der Waals surface area contributed by atoms with E-state index in [0.717, 1.165) is 31.5 Å². The Hall–Kier alpha value is -2.48. The first-order valence-electron chi connectivity index (χ1n) is 10.0. The Morgan fingerprint density at radius 2 is 1.93 bits per heavy atom. The third-order valence-corrected chi connectivity index (χ3v) is 4.58. The minimum absolute atomic E-state index is 0.0702. The number of likely N-dealkylation sites (tertiary alicyclic amines) is 1. The van der Waals surface area contributed by atoms with Crippen molar-refractivity contribution in [2.75, 3.05) is 20.1 Å². The van der Waals surface area contributed by atoms with Crippen molar-refractivity contribution in [2.24, 2.45) is 0 Å². The van der Waals surface area contributed by atoms with Crippen molar-refractivity contribution in [1.82, 2.24) is 9.80 Å². The van der Waals surface area contributed by atoms with Crippen molar-refractivity contribution in [3.05, 3.63) is 39.4 Å². The molecule has 2 aliphatic rings. The summed E-state index contributed by atoms with van der Waals surface area (Å²) in [6.45, 7) is 12.3. The summed E-state index contributed by atoms with van der Waals surface area (Å²) < 4.78 is 4.55. The second-order valence-corrected chi connectivity index (χ2v) is 7.89. The molecular formula is C21H33N3O5. The SMILES string of the molecule is CC.CC(C)(C)OC=O.CN1CCCC(N2Cc3cccc([N+](=O)[O-])c3C2=O)C1. The lowest BCUT2D eigenvalue weighted by Gasteiger charge is -2.35. The van der Waals surface area contributed by atoms with Crippen LogP contribution in [-0.2, 0) is 16.1 Å². The molecular weight excluding hydrogens is 374 g/mol. The third-order valence-electron chi connectivity index (χ3n) is 4.58. The number of piperidine rings is 1. The number of nitrogens with zero attached hydrogens (tertiary/aromatic N) is 3. The molecule has 2 heterocycles. The van der Waals surface area contributed by atoms with Gasteiger partial charge in [-0.2, -0.15) is 0 Å². The maximum atomic E-state index is 12.5. The van der Waals surface area contributed by atoms with Crippen LogP contribution in [0, 0.1) is 10.1 Å². The standard InChI is InChI=1S/C14H17N3O3.C5H10O2.C2H6/c1-15-7-3-5-11(9-15)16-8-10-4-2-6-12(17(19)20)13(10)14(16)18;1-5(2,3)7-4-6;1-2/h2,4,6,11H,3,5,7-9H2,1H3;4H,1-3H3;1-2H3. The maximum Gasteiger partial charge on any atom is 0.293 e. The molecule has 1 aromatic carbocycles. The zero-order chi connectivity index (χ0) is 22.2. The highest BCUT2D eigenvalue weighted by Gasteiger charge is 2.38. The van der Waals surface area contributed by atoms with Crippen LogP contribution in [0.3, 0.4) is 0 Å². The average Bonchev–Trinajstić information content (AvgIpc) is 3.00. The number of hydrogen-bond acceptors (Lipinski definition) is 6. The second-order valence-electron chi connectivity index (χ2n) is 7.89. The predicted octanol–water partition coefficient (Wildman–Crippen LogP) is 3.63. The summed E-state index contributed by atoms with van der Waals surface area (Å²) >= 11 is 0. The molecule has 162 valence electrons. The van der Waals surface area contributed by atoms with E-state index in [0.29, 0.717) is 13.0 Å². The van der Waals surface area contributed by atoms with Crippen molar-refractivity contribution in [3.8, 4) is 0 Å². The number of carbonyl (C=O) groups is 2. The van der Waals surface area contributed by atoms with Crippen LogP contribution < -0.4 is 0 Å². The van der Waals surface area contributed by atoms with Crippen LogP contribution in [0.5, 0.6) is 0 Å². The summed E-state index contributed by atoms with van der Waals surface area (Å²) in [5, 5.41) is 11.1. The van der Waals surface area contributed by atoms with Crippen LogP contribution in [0.25, 0.3) is 0 Å². The minimum atomic E-state index is -0.465. The van der Waals surface area contributed by atoms with E-state index in [2.05, 4.69) is 9.64 Å². The molecule has 1 aromatic rings. The van der Waals surface area contributed by atoms with E-state index in [9.17, 15) is 19.7 Å². The minimum Gasteiger partial charge on any atom is -0.462 e. The lowest BCUT2D eigenvalue weighted by Crippen LogP contribution is -2.46. The molecule has 1 fully saturated rings. The molecule has 3 rings (SSSR count). The first-order chi connectivity index (χ1) is 13.6. The summed E-state index contributed by atoms with van der Waals surface area (Å²) in [5.74, 6) is -0.187. The monoisotopic (exact) mass is 407 g/mol. The number of fused-ring (bicyclic) bond motifs is 1. The number of amides is 1. The maximum absolute atomic E-state index is 12.5. The molecule has 1 unspecified atom stereocenters. The van der Waals surface area contributed by atoms with Gasteiger partial charge in [-0.15, -0.1) is 0 Å². The van der Waals surface area contributed by atoms with Gasteiger partial charge in [0.15, 0.2) is 0 Å². The fourth-order valence-electron chi connectivity index (χ4n) is 3.35. The highest BCUT2D eigenvalue weighted by Crippen LogP contribution is 2.33. The molecule has 1 amide bonds. The molecule has 0 aliphatic carbocycles. The lowest BCUT2D eigenvalue weighted by atomic mass is 10.0. The van der Waals surface area contributed by atoms with Gasteiger partial charge in [-0.05, 0) is 52.8 Å². The van der Waals surface area contributed by atoms with Gasteiger partial charge in [0.2, 0.25) is 0 Å². The zero-order valence-electron chi connectivity index (χ0n) is 18.3. The van der Waals surface area contributed by atoms with Gasteiger partial charge in [0, 0.05) is 25.2 Å². The van der Waals surface area contributed by atoms with E-state index in [1.165, 1.54) is 6.07 Å². The molecule has 8 nitrogen and oxygen atoms in total. The quantitative estimate of drug-likeness (QED) is 0.431. The topological polar surface area (TPSA) is 93.0 Å². The van der Waals surface area contributed by atoms with E-state index >= 15 is 0 Å². The summed E-state index contributed by atoms with van der Waals surface area (Å²) in [6.07, 6.45) is 2.03. The van der Waals surface area contributed by atoms with Gasteiger partial charge in [-0.25, -0.2) is 0 Å². The number of hydrogen-bond donors (Lipinski definition) is 0. The van der Waals surface area contributed by atoms with Crippen LogP contribution in [0.15, 0.2) is 18.2 Å². The van der Waals surface area contributed by atoms with Crippen molar-refractivity contribution in [2.45, 2.75) is 65.6 Å². The van der Waals surface area contributed by atoms with Gasteiger partial charge in [-0.3, -0.25) is 19.7 Å². The Labute approximate surface area is 173 Å². The van der Waals surface area contributed by atoms with E-state index < -0.39 is 4.92 Å². The van der Waals surface area contributed by atoms with Crippen molar-refractivity contribution in [1.29, 1.82) is 0 Å². The van der Waals surface area contributed by atoms with Crippen LogP contribution in [0.4, 0.5) is 5.69 Å². The number of nitro benzene ring substituents is 1. The molecule has 8 heteroatoms. The number of rotatable bonds is 3. The highest BCUT2D eigenvalue weighted by molar-refractivity contribution is 6.02. The van der Waals surface area contributed by atoms with Crippen molar-refractivity contribution < 1.29 is 19.2 Å². The van der Waals surface area contributed by atoms with E-state index in [1.54, 1.807) is 11.0 Å². The van der Waals surface area contributed by atoms with Gasteiger partial charge in [0.05, 0.1) is 4.92 Å². The van der Waals surface area contributed by atoms with E-state index in [-0.39, 0.29) is 28.8 Å². The Morgan fingerprint density at radius 1 is 1.28 bits per heavy atom. The van der Waals surface area contributed by atoms with E-state index in [4.69, 9.17) is 0 Å². The van der Waals surface area contributed by atoms with Gasteiger partial charge in [0.1, 0.15) is 11.2 Å². The Kier molecular flexibility index (Phi) is 9.23. The van der Waals surface area contributed by atoms with Crippen LogP contribution in [0.1, 0.15) is 63.4 Å². The molecule has 0 saturated carbocycles. The van der Waals surface area contributed by atoms with Gasteiger partial charge in [0.25, 0.3) is 18.1 Å². The van der Waals surface area contributed by atoms with Gasteiger partial charge in [-0.1, -0.05) is 26.0 Å². The van der Waals surface area contributed by atoms with Crippen LogP contribution in [-0.4, -0.2) is 58.9 Å². The van der Waals surface area contributed by atoms with Crippen LogP contribution in [0.2, 0.25) is 0 Å². The first-order valence-corrected chi connectivity index (χ1v) is 10.0. The third kappa shape index (κ3) is 6.81. The number of likely N-dealkylation sites (N-methyl/N-ethyl adjacent to an activating group) is 1. The average molecular weight is 408 g/mol. The van der Waals surface area contributed by atoms with Gasteiger partial charge >= 0.3 is 0 Å². The molecule has 29 heavy (non-hydrogen) atoms. The zero-order valence-corrected chi connectivity index (χ0v) is 18.3. The Morgan fingerprint density at radius 3 is 2.41 bits per heavy atom. The summed E-state index contributed by atoms with van der Waals surface area (Å²) in [7, 11) is 2.04. The van der Waals surface area contributed by atoms with Gasteiger partial charge < -0.3 is 14.5 Å². The second kappa shape index (κ2) is 10.9. The molecule has 0 aromatic heterocycles. The Bertz CT molecular complexity index is 715. The smallest absolute Gasteiger partial charge is 0.293 e. The number of ether oxygens (including phenoxy) is 1. The fraction of sp³-hybridized carbons (Fsp3) is 0.619. The molecule has 0 bridgehead atoms. The summed E-state index contributed by atoms with van der Waals surface area (Å²) in [6, 6.07) is 5.04. The molecule has 1 atom stereocenters. The molecule has 0 radical (unpaired) electrons. The lowest BCUT2D eigenvalue weighted by molar-refractivity contribution is -0.385. The molecule has 1 saturated heterocycles. The fourth-order valence-corrected chi connectivity index (χ4v) is 3.35. The molecule has 0 spiro atoms. The number of carbonyl (C=O) groups excluding carboxylic acids is 2. The van der Waals surface area contributed by atoms with Crippen LogP contribution >= 0.6 is 0 Å². The first kappa shape index (κ1) is 24.6. The molecule has 0 N–H and O–H groups in total. The number of nitro groups is 1. The normalized spacial score (nSPS) is 18.6. The van der Waals surface area contributed by atoms with Crippen molar-refractivity contribution in [3.63, 3.8) is 0 Å². The molecule has 2 aliphatic heterocycles. The Balaban J connectivity index is 0.000000399. The number of benzene rings is 1. The largest absolute Gasteiger partial charge is 0.462 e. The predicted molar refractivity (Wildman–Crippen MR) is 112 cm³/mol. The van der Waals surface area contributed by atoms with Crippen molar-refractivity contribution >= 4 is 18.1 Å². The highest BCUT2D eigenvalue weighted by atomic mass is 16.6. The summed E-state index contributed by atoms with van der Waals surface area (Å²) in [4.78, 5) is 36.7. The van der Waals surface area contributed by atoms with E-state index in [1.807, 2.05) is 47.7 Å². The summed E-state index contributed by atoms with van der Waals surface area (Å²) in [5.41, 5.74) is 0.671.